The normalized spacial score (nSPS) is 15.1. The number of nitrogens with one attached hydrogen (secondary N) is 1. The molecule has 10 heteroatoms. The lowest BCUT2D eigenvalue weighted by Gasteiger charge is -2.35. The third kappa shape index (κ3) is 4.85. The summed E-state index contributed by atoms with van der Waals surface area (Å²) in [6.45, 7) is 10.4. The van der Waals surface area contributed by atoms with E-state index in [1.165, 1.54) is 15.6 Å². The highest BCUT2D eigenvalue weighted by molar-refractivity contribution is 7.92. The highest BCUT2D eigenvalue weighted by atomic mass is 32.2. The van der Waals surface area contributed by atoms with E-state index in [0.717, 1.165) is 50.5 Å². The van der Waals surface area contributed by atoms with Crippen LogP contribution in [0, 0.1) is 20.8 Å². The average molecular weight is 525 g/mol. The van der Waals surface area contributed by atoms with E-state index in [0.29, 0.717) is 17.1 Å². The van der Waals surface area contributed by atoms with Gasteiger partial charge < -0.3 is 4.90 Å². The SMILES string of the molecule is Cc1cc(CCN2CCN(c3nsc4ccccc34)CC2)ccc1NS(=O)(=O)c1c(C)nn(C)c1C. The fourth-order valence-corrected chi connectivity index (χ4v) is 7.27. The quantitative estimate of drug-likeness (QED) is 0.392. The van der Waals surface area contributed by atoms with Crippen molar-refractivity contribution in [1.82, 2.24) is 19.1 Å². The van der Waals surface area contributed by atoms with Crippen molar-refractivity contribution < 1.29 is 8.42 Å². The first-order chi connectivity index (χ1) is 17.2. The van der Waals surface area contributed by atoms with Crippen LogP contribution in [0.3, 0.4) is 0 Å². The maximum absolute atomic E-state index is 13.0. The third-order valence-corrected chi connectivity index (χ3v) is 9.43. The number of hydrogen-bond acceptors (Lipinski definition) is 7. The molecule has 1 aliphatic heterocycles. The Balaban J connectivity index is 1.18. The molecule has 36 heavy (non-hydrogen) atoms. The van der Waals surface area contributed by atoms with Crippen molar-refractivity contribution in [3.63, 3.8) is 0 Å². The Morgan fingerprint density at radius 1 is 1.03 bits per heavy atom. The second kappa shape index (κ2) is 9.84. The Morgan fingerprint density at radius 2 is 1.78 bits per heavy atom. The standard InChI is InChI=1S/C26H32N6O2S2/c1-18-17-21(9-10-23(18)29-36(33,34)25-19(2)27-30(4)20(25)3)11-12-31-13-15-32(16-14-31)26-22-7-5-6-8-24(22)35-28-26/h5-10,17,29H,11-16H2,1-4H3. The summed E-state index contributed by atoms with van der Waals surface area (Å²) in [6.07, 6.45) is 0.925. The predicted molar refractivity (Wildman–Crippen MR) is 147 cm³/mol. The lowest BCUT2D eigenvalue weighted by molar-refractivity contribution is 0.261. The van der Waals surface area contributed by atoms with Crippen LogP contribution in [-0.2, 0) is 23.5 Å². The summed E-state index contributed by atoms with van der Waals surface area (Å²) >= 11 is 1.57. The molecule has 2 aromatic heterocycles. The van der Waals surface area contributed by atoms with Crippen molar-refractivity contribution in [2.45, 2.75) is 32.1 Å². The second-order valence-corrected chi connectivity index (χ2v) is 11.9. The lowest BCUT2D eigenvalue weighted by atomic mass is 10.1. The van der Waals surface area contributed by atoms with E-state index in [-0.39, 0.29) is 4.90 Å². The van der Waals surface area contributed by atoms with Gasteiger partial charge in [0, 0.05) is 45.2 Å². The summed E-state index contributed by atoms with van der Waals surface area (Å²) in [7, 11) is -1.95. The Morgan fingerprint density at radius 3 is 2.47 bits per heavy atom. The first-order valence-corrected chi connectivity index (χ1v) is 14.4. The Labute approximate surface area is 216 Å². The van der Waals surface area contributed by atoms with E-state index in [1.807, 2.05) is 19.1 Å². The first kappa shape index (κ1) is 24.7. The maximum Gasteiger partial charge on any atom is 0.265 e. The number of benzene rings is 2. The van der Waals surface area contributed by atoms with Crippen LogP contribution >= 0.6 is 11.5 Å². The van der Waals surface area contributed by atoms with Gasteiger partial charge >= 0.3 is 0 Å². The van der Waals surface area contributed by atoms with Gasteiger partial charge in [-0.3, -0.25) is 14.3 Å². The smallest absolute Gasteiger partial charge is 0.265 e. The van der Waals surface area contributed by atoms with E-state index in [2.05, 4.69) is 50.0 Å². The number of aromatic nitrogens is 3. The zero-order chi connectivity index (χ0) is 25.4. The number of piperazine rings is 1. The van der Waals surface area contributed by atoms with Crippen LogP contribution in [0.2, 0.25) is 0 Å². The van der Waals surface area contributed by atoms with Gasteiger partial charge in [-0.25, -0.2) is 8.42 Å². The number of nitrogens with zero attached hydrogens (tertiary/aromatic N) is 5. The van der Waals surface area contributed by atoms with E-state index in [1.54, 1.807) is 37.1 Å². The van der Waals surface area contributed by atoms with E-state index >= 15 is 0 Å². The predicted octanol–water partition coefficient (Wildman–Crippen LogP) is 4.12. The van der Waals surface area contributed by atoms with Crippen molar-refractivity contribution in [3.8, 4) is 0 Å². The zero-order valence-corrected chi connectivity index (χ0v) is 22.8. The summed E-state index contributed by atoms with van der Waals surface area (Å²) < 4.78 is 36.4. The molecule has 0 radical (unpaired) electrons. The molecule has 0 unspecified atom stereocenters. The van der Waals surface area contributed by atoms with Crippen molar-refractivity contribution in [1.29, 1.82) is 0 Å². The topological polar surface area (TPSA) is 83.4 Å². The van der Waals surface area contributed by atoms with Crippen LogP contribution in [-0.4, -0.2) is 60.2 Å². The van der Waals surface area contributed by atoms with Crippen LogP contribution in [0.15, 0.2) is 47.4 Å². The van der Waals surface area contributed by atoms with Gasteiger partial charge in [0.2, 0.25) is 0 Å². The number of aryl methyl sites for hydroxylation is 3. The van der Waals surface area contributed by atoms with Gasteiger partial charge in [0.1, 0.15) is 10.7 Å². The van der Waals surface area contributed by atoms with E-state index < -0.39 is 10.0 Å². The zero-order valence-electron chi connectivity index (χ0n) is 21.2. The molecule has 2 aromatic carbocycles. The number of anilines is 2. The van der Waals surface area contributed by atoms with Gasteiger partial charge in [-0.1, -0.05) is 24.3 Å². The summed E-state index contributed by atoms with van der Waals surface area (Å²) in [5.74, 6) is 1.11. The largest absolute Gasteiger partial charge is 0.353 e. The molecule has 0 spiro atoms. The molecule has 0 bridgehead atoms. The Bertz CT molecular complexity index is 1500. The second-order valence-electron chi connectivity index (χ2n) is 9.46. The van der Waals surface area contributed by atoms with E-state index in [4.69, 9.17) is 4.37 Å². The van der Waals surface area contributed by atoms with E-state index in [9.17, 15) is 8.42 Å². The molecule has 0 amide bonds. The molecule has 1 fully saturated rings. The highest BCUT2D eigenvalue weighted by Crippen LogP contribution is 2.30. The molecular weight excluding hydrogens is 492 g/mol. The lowest BCUT2D eigenvalue weighted by Crippen LogP contribution is -2.47. The molecule has 4 aromatic rings. The van der Waals surface area contributed by atoms with Crippen LogP contribution in [0.1, 0.15) is 22.5 Å². The maximum atomic E-state index is 13.0. The van der Waals surface area contributed by atoms with Crippen molar-refractivity contribution in [2.75, 3.05) is 42.3 Å². The van der Waals surface area contributed by atoms with Crippen LogP contribution in [0.5, 0.6) is 0 Å². The van der Waals surface area contributed by atoms with Crippen molar-refractivity contribution in [2.24, 2.45) is 7.05 Å². The van der Waals surface area contributed by atoms with Gasteiger partial charge in [0.15, 0.2) is 0 Å². The molecule has 1 saturated heterocycles. The summed E-state index contributed by atoms with van der Waals surface area (Å²) in [5, 5.41) is 5.49. The van der Waals surface area contributed by atoms with Gasteiger partial charge in [-0.2, -0.15) is 9.47 Å². The van der Waals surface area contributed by atoms with Crippen LogP contribution in [0.25, 0.3) is 10.1 Å². The Hall–Kier alpha value is -2.95. The highest BCUT2D eigenvalue weighted by Gasteiger charge is 2.25. The molecule has 1 aliphatic rings. The Kier molecular flexibility index (Phi) is 6.76. The molecule has 0 saturated carbocycles. The van der Waals surface area contributed by atoms with Crippen LogP contribution < -0.4 is 9.62 Å². The van der Waals surface area contributed by atoms with Crippen molar-refractivity contribution in [3.05, 3.63) is 65.0 Å². The number of rotatable bonds is 7. The molecule has 8 nitrogen and oxygen atoms in total. The molecule has 5 rings (SSSR count). The average Bonchev–Trinajstić information content (AvgIpc) is 3.39. The van der Waals surface area contributed by atoms with Gasteiger partial charge in [-0.15, -0.1) is 0 Å². The fraction of sp³-hybridized carbons (Fsp3) is 0.385. The summed E-state index contributed by atoms with van der Waals surface area (Å²) in [4.78, 5) is 5.13. The van der Waals surface area contributed by atoms with Crippen LogP contribution in [0.4, 0.5) is 11.5 Å². The number of hydrogen-bond donors (Lipinski definition) is 1. The molecule has 1 N–H and O–H groups in total. The third-order valence-electron chi connectivity index (χ3n) is 6.99. The minimum atomic E-state index is -3.71. The molecular formula is C26H32N6O2S2. The molecule has 0 aliphatic carbocycles. The molecule has 0 atom stereocenters. The fourth-order valence-electron chi connectivity index (χ4n) is 4.91. The minimum Gasteiger partial charge on any atom is -0.353 e. The number of sulfonamides is 1. The first-order valence-electron chi connectivity index (χ1n) is 12.2. The van der Waals surface area contributed by atoms with Gasteiger partial charge in [0.05, 0.1) is 21.8 Å². The monoisotopic (exact) mass is 524 g/mol. The molecule has 3 heterocycles. The molecule has 190 valence electrons. The minimum absolute atomic E-state index is 0.248. The summed E-state index contributed by atoms with van der Waals surface area (Å²) in [6, 6.07) is 14.4. The van der Waals surface area contributed by atoms with Crippen molar-refractivity contribution >= 4 is 43.1 Å². The number of fused-ring (bicyclic) bond motifs is 1. The van der Waals surface area contributed by atoms with Gasteiger partial charge in [-0.05, 0) is 68.1 Å². The van der Waals surface area contributed by atoms with Gasteiger partial charge in [0.25, 0.3) is 10.0 Å². The summed E-state index contributed by atoms with van der Waals surface area (Å²) in [5.41, 5.74) is 3.84.